The van der Waals surface area contributed by atoms with Crippen LogP contribution in [0.5, 0.6) is 0 Å². The van der Waals surface area contributed by atoms with Crippen molar-refractivity contribution >= 4 is 11.6 Å². The fourth-order valence-electron chi connectivity index (χ4n) is 3.76. The first-order valence-corrected chi connectivity index (χ1v) is 9.20. The Kier molecular flexibility index (Phi) is 4.73. The Labute approximate surface area is 159 Å². The zero-order chi connectivity index (χ0) is 18.8. The van der Waals surface area contributed by atoms with Crippen molar-refractivity contribution in [1.82, 2.24) is 9.88 Å². The van der Waals surface area contributed by atoms with Crippen molar-refractivity contribution in [2.24, 2.45) is 0 Å². The summed E-state index contributed by atoms with van der Waals surface area (Å²) < 4.78 is 0. The summed E-state index contributed by atoms with van der Waals surface area (Å²) in [6, 6.07) is 18.2. The first-order chi connectivity index (χ1) is 13.1. The number of aromatic nitrogens is 1. The smallest absolute Gasteiger partial charge is 0.233 e. The highest BCUT2D eigenvalue weighted by Gasteiger charge is 2.29. The van der Waals surface area contributed by atoms with E-state index in [1.165, 1.54) is 11.1 Å². The van der Waals surface area contributed by atoms with Crippen LogP contribution >= 0.6 is 0 Å². The van der Waals surface area contributed by atoms with E-state index in [1.54, 1.807) is 12.4 Å². The third-order valence-corrected chi connectivity index (χ3v) is 5.23. The van der Waals surface area contributed by atoms with Crippen LogP contribution < -0.4 is 5.32 Å². The minimum Gasteiger partial charge on any atom is -0.326 e. The van der Waals surface area contributed by atoms with Crippen LogP contribution in [0.25, 0.3) is 11.1 Å². The molecule has 136 valence electrons. The lowest BCUT2D eigenvalue weighted by Crippen LogP contribution is -2.37. The molecule has 4 heteroatoms. The number of benzene rings is 2. The molecule has 1 aromatic heterocycles. The molecule has 1 aliphatic rings. The monoisotopic (exact) mass is 357 g/mol. The molecule has 0 radical (unpaired) electrons. The number of amides is 1. The molecule has 2 heterocycles. The van der Waals surface area contributed by atoms with Gasteiger partial charge in [-0.05, 0) is 66.1 Å². The van der Waals surface area contributed by atoms with Gasteiger partial charge in [0, 0.05) is 31.2 Å². The lowest BCUT2D eigenvalue weighted by molar-refractivity contribution is -0.118. The van der Waals surface area contributed by atoms with Gasteiger partial charge < -0.3 is 10.2 Å². The van der Waals surface area contributed by atoms with Gasteiger partial charge in [0.15, 0.2) is 0 Å². The summed E-state index contributed by atoms with van der Waals surface area (Å²) in [4.78, 5) is 19.3. The largest absolute Gasteiger partial charge is 0.326 e. The molecular weight excluding hydrogens is 334 g/mol. The number of pyridine rings is 1. The highest BCUT2D eigenvalue weighted by molar-refractivity contribution is 5.96. The van der Waals surface area contributed by atoms with Crippen LogP contribution in [-0.2, 0) is 11.3 Å². The minimum atomic E-state index is -0.154. The fourth-order valence-corrected chi connectivity index (χ4v) is 3.76. The van der Waals surface area contributed by atoms with E-state index in [0.717, 1.165) is 35.5 Å². The van der Waals surface area contributed by atoms with Crippen LogP contribution in [0.15, 0.2) is 67.0 Å². The highest BCUT2D eigenvalue weighted by Crippen LogP contribution is 2.31. The number of likely N-dealkylation sites (N-methyl/N-ethyl adjacent to an activating group) is 1. The van der Waals surface area contributed by atoms with E-state index in [-0.39, 0.29) is 11.8 Å². The minimum absolute atomic E-state index is 0.0464. The van der Waals surface area contributed by atoms with E-state index in [2.05, 4.69) is 41.3 Å². The Morgan fingerprint density at radius 3 is 2.48 bits per heavy atom. The van der Waals surface area contributed by atoms with Crippen molar-refractivity contribution in [3.8, 4) is 11.1 Å². The molecule has 1 N–H and O–H groups in total. The summed E-state index contributed by atoms with van der Waals surface area (Å²) in [7, 11) is 2.07. The van der Waals surface area contributed by atoms with Gasteiger partial charge >= 0.3 is 0 Å². The highest BCUT2D eigenvalue weighted by atomic mass is 16.1. The van der Waals surface area contributed by atoms with Crippen LogP contribution in [-0.4, -0.2) is 29.4 Å². The molecule has 0 saturated carbocycles. The predicted octanol–water partition coefficient (Wildman–Crippen LogP) is 4.22. The maximum atomic E-state index is 13.0. The first kappa shape index (κ1) is 17.4. The number of carbonyl (C=O) groups excluding carboxylic acids is 1. The van der Waals surface area contributed by atoms with Crippen LogP contribution in [0, 0.1) is 6.92 Å². The maximum Gasteiger partial charge on any atom is 0.233 e. The third kappa shape index (κ3) is 3.62. The number of carbonyl (C=O) groups is 1. The quantitative estimate of drug-likeness (QED) is 0.763. The second-order valence-electron chi connectivity index (χ2n) is 7.19. The lowest BCUT2D eigenvalue weighted by atomic mass is 9.87. The molecule has 1 amide bonds. The summed E-state index contributed by atoms with van der Waals surface area (Å²) in [6.45, 7) is 3.74. The van der Waals surface area contributed by atoms with Crippen LogP contribution in [0.4, 0.5) is 5.69 Å². The molecule has 3 aromatic rings. The number of rotatable bonds is 3. The molecule has 4 rings (SSSR count). The molecule has 0 aliphatic carbocycles. The summed E-state index contributed by atoms with van der Waals surface area (Å²) in [5, 5.41) is 3.09. The summed E-state index contributed by atoms with van der Waals surface area (Å²) in [5.74, 6) is -0.108. The zero-order valence-corrected chi connectivity index (χ0v) is 15.6. The van der Waals surface area contributed by atoms with E-state index < -0.39 is 0 Å². The van der Waals surface area contributed by atoms with Gasteiger partial charge in [-0.25, -0.2) is 0 Å². The lowest BCUT2D eigenvalue weighted by Gasteiger charge is -2.32. The molecule has 2 aromatic carbocycles. The van der Waals surface area contributed by atoms with Crippen molar-refractivity contribution in [3.05, 3.63) is 83.7 Å². The van der Waals surface area contributed by atoms with Gasteiger partial charge in [-0.15, -0.1) is 0 Å². The third-order valence-electron chi connectivity index (χ3n) is 5.23. The van der Waals surface area contributed by atoms with Gasteiger partial charge in [-0.2, -0.15) is 0 Å². The maximum absolute atomic E-state index is 13.0. The first-order valence-electron chi connectivity index (χ1n) is 9.20. The second kappa shape index (κ2) is 7.33. The van der Waals surface area contributed by atoms with E-state index in [0.29, 0.717) is 0 Å². The van der Waals surface area contributed by atoms with Crippen LogP contribution in [0.2, 0.25) is 0 Å². The van der Waals surface area contributed by atoms with Gasteiger partial charge in [-0.1, -0.05) is 30.3 Å². The van der Waals surface area contributed by atoms with E-state index in [1.807, 2.05) is 42.5 Å². The van der Waals surface area contributed by atoms with Crippen LogP contribution in [0.3, 0.4) is 0 Å². The molecule has 1 unspecified atom stereocenters. The number of aryl methyl sites for hydroxylation is 1. The SMILES string of the molecule is Cc1cccc2c1CN(C)CC2C(=O)Nc1ccc(-c2ccncc2)cc1. The predicted molar refractivity (Wildman–Crippen MR) is 109 cm³/mol. The van der Waals surface area contributed by atoms with Crippen molar-refractivity contribution in [3.63, 3.8) is 0 Å². The molecule has 0 spiro atoms. The molecule has 1 atom stereocenters. The Balaban J connectivity index is 1.54. The van der Waals surface area contributed by atoms with Crippen molar-refractivity contribution < 1.29 is 4.79 Å². The number of fused-ring (bicyclic) bond motifs is 1. The topological polar surface area (TPSA) is 45.2 Å². The van der Waals surface area contributed by atoms with Crippen molar-refractivity contribution in [2.75, 3.05) is 18.9 Å². The van der Waals surface area contributed by atoms with Crippen molar-refractivity contribution in [2.45, 2.75) is 19.4 Å². The number of hydrogen-bond acceptors (Lipinski definition) is 3. The van der Waals surface area contributed by atoms with E-state index in [9.17, 15) is 4.79 Å². The molecule has 0 bridgehead atoms. The van der Waals surface area contributed by atoms with Crippen LogP contribution in [0.1, 0.15) is 22.6 Å². The van der Waals surface area contributed by atoms with Gasteiger partial charge in [0.05, 0.1) is 5.92 Å². The molecule has 4 nitrogen and oxygen atoms in total. The normalized spacial score (nSPS) is 16.6. The Morgan fingerprint density at radius 2 is 1.74 bits per heavy atom. The van der Waals surface area contributed by atoms with Gasteiger partial charge in [0.25, 0.3) is 0 Å². The Hall–Kier alpha value is -2.98. The number of nitrogens with one attached hydrogen (secondary N) is 1. The second-order valence-corrected chi connectivity index (χ2v) is 7.19. The number of anilines is 1. The summed E-state index contributed by atoms with van der Waals surface area (Å²) in [5.41, 5.74) is 6.71. The number of hydrogen-bond donors (Lipinski definition) is 1. The molecule has 0 fully saturated rings. The summed E-state index contributed by atoms with van der Waals surface area (Å²) in [6.07, 6.45) is 3.56. The van der Waals surface area contributed by atoms with E-state index >= 15 is 0 Å². The average Bonchev–Trinajstić information content (AvgIpc) is 2.69. The molecule has 0 saturated heterocycles. The van der Waals surface area contributed by atoms with Crippen molar-refractivity contribution in [1.29, 1.82) is 0 Å². The molecule has 1 aliphatic heterocycles. The number of nitrogens with zero attached hydrogens (tertiary/aromatic N) is 2. The van der Waals surface area contributed by atoms with Gasteiger partial charge in [0.1, 0.15) is 0 Å². The summed E-state index contributed by atoms with van der Waals surface area (Å²) >= 11 is 0. The van der Waals surface area contributed by atoms with E-state index in [4.69, 9.17) is 0 Å². The fraction of sp³-hybridized carbons (Fsp3) is 0.217. The van der Waals surface area contributed by atoms with Gasteiger partial charge in [0.2, 0.25) is 5.91 Å². The molecular formula is C23H23N3O. The Bertz CT molecular complexity index is 951. The average molecular weight is 357 g/mol. The Morgan fingerprint density at radius 1 is 1.04 bits per heavy atom. The molecule has 27 heavy (non-hydrogen) atoms. The van der Waals surface area contributed by atoms with Gasteiger partial charge in [-0.3, -0.25) is 9.78 Å². The standard InChI is InChI=1S/C23H23N3O/c1-16-4-3-5-20-21(16)14-26(2)15-22(20)23(27)25-19-8-6-17(7-9-19)18-10-12-24-13-11-18/h3-13,22H,14-15H2,1-2H3,(H,25,27). The zero-order valence-electron chi connectivity index (χ0n) is 15.6.